The fraction of sp³-hybridized carbons (Fsp3) is 0.684. The van der Waals surface area contributed by atoms with E-state index in [0.29, 0.717) is 12.1 Å². The van der Waals surface area contributed by atoms with Gasteiger partial charge in [0.2, 0.25) is 0 Å². The quantitative estimate of drug-likeness (QED) is 0.724. The molecule has 2 atom stereocenters. The molecule has 1 aliphatic heterocycles. The maximum atomic E-state index is 9.28. The highest BCUT2D eigenvalue weighted by atomic mass is 16.3. The Morgan fingerprint density at radius 1 is 1.32 bits per heavy atom. The van der Waals surface area contributed by atoms with Gasteiger partial charge in [0, 0.05) is 31.8 Å². The zero-order valence-electron chi connectivity index (χ0n) is 14.4. The molecule has 3 nitrogen and oxygen atoms in total. The standard InChI is InChI=1S/C19H32N2O/c1-16(17-8-5-4-6-9-17)21-13-10-18(14-21)20-12-7-11-19(2,3)15-22/h4-6,8-9,16,18,20,22H,7,10-15H2,1-3H3. The molecule has 0 bridgehead atoms. The first-order valence-electron chi connectivity index (χ1n) is 8.65. The average molecular weight is 304 g/mol. The van der Waals surface area contributed by atoms with Crippen LogP contribution in [0.4, 0.5) is 0 Å². The molecule has 2 rings (SSSR count). The van der Waals surface area contributed by atoms with Crippen LogP contribution in [0.3, 0.4) is 0 Å². The predicted molar refractivity (Wildman–Crippen MR) is 92.9 cm³/mol. The third kappa shape index (κ3) is 5.08. The summed E-state index contributed by atoms with van der Waals surface area (Å²) < 4.78 is 0. The van der Waals surface area contributed by atoms with Crippen LogP contribution in [0.15, 0.2) is 30.3 Å². The van der Waals surface area contributed by atoms with E-state index in [1.54, 1.807) is 0 Å². The maximum Gasteiger partial charge on any atom is 0.0482 e. The predicted octanol–water partition coefficient (Wildman–Crippen LogP) is 3.21. The molecular weight excluding hydrogens is 272 g/mol. The van der Waals surface area contributed by atoms with Gasteiger partial charge in [-0.3, -0.25) is 4.90 Å². The highest BCUT2D eigenvalue weighted by Crippen LogP contribution is 2.25. The minimum atomic E-state index is 0.0607. The minimum absolute atomic E-state index is 0.0607. The molecule has 0 aliphatic carbocycles. The van der Waals surface area contributed by atoms with Gasteiger partial charge in [0.05, 0.1) is 0 Å². The molecule has 22 heavy (non-hydrogen) atoms. The summed E-state index contributed by atoms with van der Waals surface area (Å²) in [6, 6.07) is 11.9. The Balaban J connectivity index is 1.70. The highest BCUT2D eigenvalue weighted by Gasteiger charge is 2.26. The second-order valence-corrected chi connectivity index (χ2v) is 7.45. The molecule has 124 valence electrons. The van der Waals surface area contributed by atoms with E-state index in [-0.39, 0.29) is 12.0 Å². The van der Waals surface area contributed by atoms with E-state index in [2.05, 4.69) is 61.3 Å². The van der Waals surface area contributed by atoms with Crippen LogP contribution in [-0.4, -0.2) is 42.3 Å². The van der Waals surface area contributed by atoms with Crippen LogP contribution in [0.25, 0.3) is 0 Å². The third-order valence-electron chi connectivity index (χ3n) is 4.94. The molecule has 1 aromatic carbocycles. The van der Waals surface area contributed by atoms with Crippen molar-refractivity contribution in [3.8, 4) is 0 Å². The molecule has 2 unspecified atom stereocenters. The molecular formula is C19H32N2O. The van der Waals surface area contributed by atoms with Gasteiger partial charge in [0.15, 0.2) is 0 Å². The molecule has 0 radical (unpaired) electrons. The van der Waals surface area contributed by atoms with Crippen LogP contribution in [-0.2, 0) is 0 Å². The average Bonchev–Trinajstić information content (AvgIpc) is 3.00. The van der Waals surface area contributed by atoms with Crippen molar-refractivity contribution < 1.29 is 5.11 Å². The number of likely N-dealkylation sites (tertiary alicyclic amines) is 1. The summed E-state index contributed by atoms with van der Waals surface area (Å²) >= 11 is 0. The summed E-state index contributed by atoms with van der Waals surface area (Å²) in [5.41, 5.74) is 1.47. The van der Waals surface area contributed by atoms with Crippen molar-refractivity contribution in [2.75, 3.05) is 26.2 Å². The minimum Gasteiger partial charge on any atom is -0.396 e. The van der Waals surface area contributed by atoms with E-state index in [4.69, 9.17) is 0 Å². The Kier molecular flexibility index (Phi) is 6.42. The monoisotopic (exact) mass is 304 g/mol. The summed E-state index contributed by atoms with van der Waals surface area (Å²) in [6.07, 6.45) is 3.45. The van der Waals surface area contributed by atoms with Gasteiger partial charge in [0.1, 0.15) is 0 Å². The van der Waals surface area contributed by atoms with Crippen molar-refractivity contribution in [3.05, 3.63) is 35.9 Å². The Hall–Kier alpha value is -0.900. The SMILES string of the molecule is CC(c1ccccc1)N1CCC(NCCCC(C)(C)CO)C1. The summed E-state index contributed by atoms with van der Waals surface area (Å²) in [6.45, 7) is 10.2. The van der Waals surface area contributed by atoms with Crippen molar-refractivity contribution in [2.24, 2.45) is 5.41 Å². The molecule has 0 spiro atoms. The fourth-order valence-corrected chi connectivity index (χ4v) is 3.20. The Morgan fingerprint density at radius 2 is 2.05 bits per heavy atom. The lowest BCUT2D eigenvalue weighted by Crippen LogP contribution is -2.34. The van der Waals surface area contributed by atoms with Crippen molar-refractivity contribution in [2.45, 2.75) is 52.1 Å². The number of aliphatic hydroxyl groups is 1. The van der Waals surface area contributed by atoms with Gasteiger partial charge in [0.25, 0.3) is 0 Å². The summed E-state index contributed by atoms with van der Waals surface area (Å²) in [4.78, 5) is 2.57. The number of rotatable bonds is 8. The Morgan fingerprint density at radius 3 is 2.73 bits per heavy atom. The lowest BCUT2D eigenvalue weighted by molar-refractivity contribution is 0.147. The van der Waals surface area contributed by atoms with Crippen molar-refractivity contribution in [1.29, 1.82) is 0 Å². The third-order valence-corrected chi connectivity index (χ3v) is 4.94. The normalized spacial score (nSPS) is 21.2. The van der Waals surface area contributed by atoms with E-state index in [9.17, 15) is 5.11 Å². The number of benzene rings is 1. The Bertz CT molecular complexity index is 432. The number of hydrogen-bond donors (Lipinski definition) is 2. The summed E-state index contributed by atoms with van der Waals surface area (Å²) in [7, 11) is 0. The van der Waals surface area contributed by atoms with Gasteiger partial charge in [-0.1, -0.05) is 44.2 Å². The zero-order valence-corrected chi connectivity index (χ0v) is 14.4. The molecule has 3 heteroatoms. The summed E-state index contributed by atoms with van der Waals surface area (Å²) in [5.74, 6) is 0. The van der Waals surface area contributed by atoms with Crippen molar-refractivity contribution in [3.63, 3.8) is 0 Å². The van der Waals surface area contributed by atoms with E-state index < -0.39 is 0 Å². The van der Waals surface area contributed by atoms with Crippen LogP contribution in [0.1, 0.15) is 51.6 Å². The zero-order chi connectivity index (χ0) is 16.0. The molecule has 1 fully saturated rings. The second kappa shape index (κ2) is 8.09. The molecule has 1 saturated heterocycles. The number of aliphatic hydroxyl groups excluding tert-OH is 1. The molecule has 1 aromatic rings. The van der Waals surface area contributed by atoms with Gasteiger partial charge in [-0.15, -0.1) is 0 Å². The van der Waals surface area contributed by atoms with Crippen LogP contribution in [0, 0.1) is 5.41 Å². The van der Waals surface area contributed by atoms with Crippen molar-refractivity contribution in [1.82, 2.24) is 10.2 Å². The van der Waals surface area contributed by atoms with E-state index in [1.807, 2.05) is 0 Å². The van der Waals surface area contributed by atoms with E-state index >= 15 is 0 Å². The first-order chi connectivity index (χ1) is 10.5. The summed E-state index contributed by atoms with van der Waals surface area (Å²) in [5, 5.41) is 13.0. The number of nitrogens with one attached hydrogen (secondary N) is 1. The van der Waals surface area contributed by atoms with Gasteiger partial charge in [-0.25, -0.2) is 0 Å². The van der Waals surface area contributed by atoms with Crippen LogP contribution >= 0.6 is 0 Å². The van der Waals surface area contributed by atoms with Crippen LogP contribution < -0.4 is 5.32 Å². The number of nitrogens with zero attached hydrogens (tertiary/aromatic N) is 1. The molecule has 0 amide bonds. The van der Waals surface area contributed by atoms with Gasteiger partial charge >= 0.3 is 0 Å². The topological polar surface area (TPSA) is 35.5 Å². The first kappa shape index (κ1) is 17.5. The van der Waals surface area contributed by atoms with Crippen LogP contribution in [0.5, 0.6) is 0 Å². The first-order valence-corrected chi connectivity index (χ1v) is 8.65. The highest BCUT2D eigenvalue weighted by molar-refractivity contribution is 5.18. The Labute approximate surface area is 135 Å². The van der Waals surface area contributed by atoms with E-state index in [0.717, 1.165) is 25.9 Å². The van der Waals surface area contributed by atoms with Gasteiger partial charge < -0.3 is 10.4 Å². The van der Waals surface area contributed by atoms with Crippen LogP contribution in [0.2, 0.25) is 0 Å². The number of hydrogen-bond acceptors (Lipinski definition) is 3. The fourth-order valence-electron chi connectivity index (χ4n) is 3.20. The molecule has 1 aliphatic rings. The molecule has 1 heterocycles. The molecule has 0 aromatic heterocycles. The van der Waals surface area contributed by atoms with Crippen molar-refractivity contribution >= 4 is 0 Å². The maximum absolute atomic E-state index is 9.28. The second-order valence-electron chi connectivity index (χ2n) is 7.45. The van der Waals surface area contributed by atoms with Gasteiger partial charge in [-0.2, -0.15) is 0 Å². The lowest BCUT2D eigenvalue weighted by atomic mass is 9.89. The largest absolute Gasteiger partial charge is 0.396 e. The smallest absolute Gasteiger partial charge is 0.0482 e. The van der Waals surface area contributed by atoms with E-state index in [1.165, 1.54) is 18.5 Å². The molecule has 2 N–H and O–H groups in total. The molecule has 0 saturated carbocycles. The lowest BCUT2D eigenvalue weighted by Gasteiger charge is -2.25. The van der Waals surface area contributed by atoms with Gasteiger partial charge in [-0.05, 0) is 43.7 Å².